The van der Waals surface area contributed by atoms with Crippen LogP contribution in [0.5, 0.6) is 0 Å². The third kappa shape index (κ3) is 4.43. The summed E-state index contributed by atoms with van der Waals surface area (Å²) in [5.74, 6) is 0.619. The van der Waals surface area contributed by atoms with Crippen LogP contribution in [0.25, 0.3) is 21.8 Å². The highest BCUT2D eigenvalue weighted by molar-refractivity contribution is 5.92. The molecule has 0 spiro atoms. The zero-order chi connectivity index (χ0) is 34.5. The molecule has 2 aromatic carbocycles. The molecule has 8 heteroatoms. The third-order valence-corrected chi connectivity index (χ3v) is 13.9. The maximum Gasteiger partial charge on any atom is 0.319 e. The highest BCUT2D eigenvalue weighted by Crippen LogP contribution is 2.56. The fraction of sp³-hybridized carbons (Fsp3) is 0.524. The largest absolute Gasteiger partial charge is 0.469 e. The van der Waals surface area contributed by atoms with E-state index in [-0.39, 0.29) is 41.8 Å². The summed E-state index contributed by atoms with van der Waals surface area (Å²) < 4.78 is 11.2. The number of allylic oxidation sites excluding steroid dienone is 1. The summed E-state index contributed by atoms with van der Waals surface area (Å²) in [6, 6.07) is 15.8. The average molecular weight is 675 g/mol. The number of para-hydroxylation sites is 1. The molecule has 6 heterocycles. The fourth-order valence-corrected chi connectivity index (χ4v) is 11.8. The van der Waals surface area contributed by atoms with Gasteiger partial charge in [-0.2, -0.15) is 0 Å². The number of nitrogens with one attached hydrogen (secondary N) is 2. The first-order chi connectivity index (χ1) is 24.3. The molecule has 1 saturated carbocycles. The number of carbonyl (C=O) groups excluding carboxylic acids is 2. The van der Waals surface area contributed by atoms with Crippen molar-refractivity contribution in [2.45, 2.75) is 75.8 Å². The molecule has 4 aliphatic heterocycles. The lowest BCUT2D eigenvalue weighted by Crippen LogP contribution is -2.67. The van der Waals surface area contributed by atoms with Crippen molar-refractivity contribution in [1.82, 2.24) is 19.8 Å². The van der Waals surface area contributed by atoms with Gasteiger partial charge in [0.25, 0.3) is 0 Å². The molecule has 2 unspecified atom stereocenters. The molecule has 8 nitrogen and oxygen atoms in total. The lowest BCUT2D eigenvalue weighted by molar-refractivity contribution is -0.162. The predicted molar refractivity (Wildman–Crippen MR) is 195 cm³/mol. The summed E-state index contributed by atoms with van der Waals surface area (Å²) in [4.78, 5) is 40.6. The second-order valence-corrected chi connectivity index (χ2v) is 16.0. The van der Waals surface area contributed by atoms with Gasteiger partial charge in [-0.25, -0.2) is 0 Å². The van der Waals surface area contributed by atoms with Gasteiger partial charge in [0.1, 0.15) is 5.41 Å². The summed E-state index contributed by atoms with van der Waals surface area (Å²) in [5.41, 5.74) is 9.01. The zero-order valence-corrected chi connectivity index (χ0v) is 30.1. The van der Waals surface area contributed by atoms with Crippen LogP contribution in [0.2, 0.25) is 0 Å². The van der Waals surface area contributed by atoms with Crippen LogP contribution in [0.4, 0.5) is 0 Å². The van der Waals surface area contributed by atoms with E-state index >= 15 is 0 Å². The van der Waals surface area contributed by atoms with Crippen molar-refractivity contribution in [3.05, 3.63) is 82.2 Å². The van der Waals surface area contributed by atoms with Gasteiger partial charge < -0.3 is 19.4 Å². The molecule has 4 aromatic rings. The number of H-pyrrole nitrogens is 2. The van der Waals surface area contributed by atoms with Crippen molar-refractivity contribution in [3.8, 4) is 0 Å². The highest BCUT2D eigenvalue weighted by Gasteiger charge is 2.62. The first-order valence-corrected chi connectivity index (χ1v) is 18.8. The van der Waals surface area contributed by atoms with Gasteiger partial charge >= 0.3 is 11.9 Å². The van der Waals surface area contributed by atoms with Gasteiger partial charge in [0.15, 0.2) is 0 Å². The lowest BCUT2D eigenvalue weighted by Gasteiger charge is -2.57. The highest BCUT2D eigenvalue weighted by atomic mass is 16.5. The van der Waals surface area contributed by atoms with Crippen LogP contribution in [0.1, 0.15) is 73.5 Å². The molecule has 2 N–H and O–H groups in total. The molecular weight excluding hydrogens is 624 g/mol. The number of benzene rings is 2. The van der Waals surface area contributed by atoms with E-state index in [9.17, 15) is 9.59 Å². The number of hydrogen-bond acceptors (Lipinski definition) is 6. The van der Waals surface area contributed by atoms with Crippen molar-refractivity contribution >= 4 is 33.7 Å². The van der Waals surface area contributed by atoms with Gasteiger partial charge in [0, 0.05) is 70.8 Å². The van der Waals surface area contributed by atoms with Crippen LogP contribution in [0.15, 0.2) is 54.1 Å². The van der Waals surface area contributed by atoms with Crippen molar-refractivity contribution in [2.75, 3.05) is 40.9 Å². The minimum absolute atomic E-state index is 0.0431. The number of likely N-dealkylation sites (N-methyl/N-ethyl adjacent to an activating group) is 1. The normalized spacial score (nSPS) is 34.1. The van der Waals surface area contributed by atoms with Gasteiger partial charge in [0.2, 0.25) is 0 Å². The Morgan fingerprint density at radius 1 is 1.02 bits per heavy atom. The van der Waals surface area contributed by atoms with Gasteiger partial charge in [-0.3, -0.25) is 19.4 Å². The summed E-state index contributed by atoms with van der Waals surface area (Å²) in [6.45, 7) is 7.29. The Morgan fingerprint density at radius 3 is 2.62 bits per heavy atom. The molecule has 10 rings (SSSR count). The molecule has 0 radical (unpaired) electrons. The molecule has 4 fully saturated rings. The number of aromatic amines is 2. The molecular formula is C42H50N4O4. The SMILES string of the molecule is C/C=C1/CN(C)[C@H]2Cc3c([nH]c4ccccc34)[C@H](c3ccc4c5c([nH]c4c3)[C@]3(C(=O)OC)C[C@H]4C[C@H](CC)[C@@H]3N(CC5)C4)C[C@@H]1C2C(=O)OC. The number of rotatable bonds is 4. The number of fused-ring (bicyclic) bond motifs is 9. The predicted octanol–water partition coefficient (Wildman–Crippen LogP) is 6.48. The van der Waals surface area contributed by atoms with Gasteiger partial charge in [0.05, 0.1) is 20.1 Å². The molecule has 6 bridgehead atoms. The second-order valence-electron chi connectivity index (χ2n) is 16.0. The number of methoxy groups -OCH3 is 2. The van der Waals surface area contributed by atoms with Crippen molar-refractivity contribution in [2.24, 2.45) is 23.7 Å². The van der Waals surface area contributed by atoms with E-state index in [1.54, 1.807) is 7.11 Å². The number of ether oxygens (including phenoxy) is 2. The Labute approximate surface area is 294 Å². The summed E-state index contributed by atoms with van der Waals surface area (Å²) in [7, 11) is 5.25. The molecule has 2 aliphatic carbocycles. The van der Waals surface area contributed by atoms with Crippen LogP contribution < -0.4 is 0 Å². The maximum atomic E-state index is 14.1. The number of nitrogens with zero attached hydrogens (tertiary/aromatic N) is 2. The Balaban J connectivity index is 1.22. The number of piperidine rings is 3. The lowest BCUT2D eigenvalue weighted by atomic mass is 9.56. The van der Waals surface area contributed by atoms with Crippen molar-refractivity contribution in [1.29, 1.82) is 0 Å². The number of carbonyl (C=O) groups is 2. The molecule has 2 aromatic heterocycles. The Kier molecular flexibility index (Phi) is 7.59. The Bertz CT molecular complexity index is 2040. The first kappa shape index (κ1) is 32.1. The maximum absolute atomic E-state index is 14.1. The van der Waals surface area contributed by atoms with E-state index in [0.717, 1.165) is 68.5 Å². The quantitative estimate of drug-likeness (QED) is 0.190. The second kappa shape index (κ2) is 11.8. The molecule has 0 amide bonds. The smallest absolute Gasteiger partial charge is 0.319 e. The number of aromatic nitrogens is 2. The molecule has 3 saturated heterocycles. The minimum Gasteiger partial charge on any atom is -0.469 e. The standard InChI is InChI=1S/C42H50N4O4/c1-6-24-16-23-20-42(41(48)50-5)38-29(14-15-46(21-23)39(24)42)28-13-12-26(17-34(28)44-38)31-18-30-25(7-2)22-45(3)35(36(30)40(47)49-4)19-32-27-10-8-9-11-33(27)43-37(31)32/h7-13,17,23-24,30-31,35-36,39,43-44H,6,14-16,18-22H2,1-5H3/b25-7-/t23-,24+,30+,31+,35+,36?,39+,42-/m1/s1. The van der Waals surface area contributed by atoms with Crippen molar-refractivity contribution in [3.63, 3.8) is 0 Å². The van der Waals surface area contributed by atoms with Crippen LogP contribution >= 0.6 is 0 Å². The molecule has 9 atom stereocenters. The first-order valence-electron chi connectivity index (χ1n) is 18.8. The Morgan fingerprint density at radius 2 is 1.84 bits per heavy atom. The molecule has 6 aliphatic rings. The molecule has 262 valence electrons. The van der Waals surface area contributed by atoms with E-state index in [0.29, 0.717) is 11.8 Å². The van der Waals surface area contributed by atoms with Gasteiger partial charge in [-0.15, -0.1) is 0 Å². The summed E-state index contributed by atoms with van der Waals surface area (Å²) >= 11 is 0. The van der Waals surface area contributed by atoms with Crippen LogP contribution in [-0.4, -0.2) is 84.7 Å². The third-order valence-electron chi connectivity index (χ3n) is 13.9. The molecule has 50 heavy (non-hydrogen) atoms. The van der Waals surface area contributed by atoms with Gasteiger partial charge in [-0.05, 0) is 92.7 Å². The monoisotopic (exact) mass is 674 g/mol. The van der Waals surface area contributed by atoms with E-state index in [2.05, 4.69) is 89.2 Å². The summed E-state index contributed by atoms with van der Waals surface area (Å²) in [6.07, 6.45) is 7.84. The zero-order valence-electron chi connectivity index (χ0n) is 30.1. The van der Waals surface area contributed by atoms with Crippen LogP contribution in [-0.2, 0) is 37.3 Å². The van der Waals surface area contributed by atoms with E-state index in [4.69, 9.17) is 9.47 Å². The fourth-order valence-electron chi connectivity index (χ4n) is 11.8. The number of esters is 2. The average Bonchev–Trinajstić information content (AvgIpc) is 3.67. The van der Waals surface area contributed by atoms with Crippen molar-refractivity contribution < 1.29 is 19.1 Å². The van der Waals surface area contributed by atoms with Gasteiger partial charge in [-0.1, -0.05) is 55.3 Å². The van der Waals surface area contributed by atoms with Crippen LogP contribution in [0, 0.1) is 23.7 Å². The van der Waals surface area contributed by atoms with E-state index < -0.39 is 5.41 Å². The minimum atomic E-state index is -0.677. The van der Waals surface area contributed by atoms with Crippen LogP contribution in [0.3, 0.4) is 0 Å². The topological polar surface area (TPSA) is 90.7 Å². The Hall–Kier alpha value is -3.88. The summed E-state index contributed by atoms with van der Waals surface area (Å²) in [5, 5.41) is 2.45. The van der Waals surface area contributed by atoms with E-state index in [1.807, 2.05) is 0 Å². The number of likely N-dealkylation sites (tertiary alicyclic amines) is 1. The van der Waals surface area contributed by atoms with E-state index in [1.165, 1.54) is 52.3 Å². The number of hydrogen-bond donors (Lipinski definition) is 2.